The average molecular weight is 384 g/mol. The van der Waals surface area contributed by atoms with Crippen LogP contribution in [0.1, 0.15) is 33.2 Å². The third kappa shape index (κ3) is 3.55. The molecule has 1 aliphatic carbocycles. The fourth-order valence-corrected chi connectivity index (χ4v) is 3.69. The molecule has 0 saturated heterocycles. The van der Waals surface area contributed by atoms with Crippen LogP contribution in [0, 0.1) is 18.8 Å². The zero-order valence-corrected chi connectivity index (χ0v) is 15.6. The van der Waals surface area contributed by atoms with E-state index in [0.29, 0.717) is 5.69 Å². The van der Waals surface area contributed by atoms with Gasteiger partial charge in [-0.25, -0.2) is 0 Å². The minimum atomic E-state index is -1.35. The van der Waals surface area contributed by atoms with Gasteiger partial charge in [0.05, 0.1) is 5.92 Å². The maximum Gasteiger partial charge on any atom is 0.235 e. The molecule has 0 aromatic heterocycles. The third-order valence-electron chi connectivity index (χ3n) is 4.73. The molecule has 2 aromatic carbocycles. The highest BCUT2D eigenvalue weighted by molar-refractivity contribution is 6.39. The number of ketones is 3. The standard InChI is InChI=1S/C21H18ClNO4/c1-11-7-9-13(10-8-11)23-21(27)16(12(2)24)17-18(22)20(26)15-6-4-3-5-14(15)19(17)25/h3-10,16-18H,1-2H3,(H,23,27)/t16-,17+,18+/m0/s1. The number of fused-ring (bicyclic) bond motifs is 1. The Balaban J connectivity index is 1.96. The van der Waals surface area contributed by atoms with Crippen molar-refractivity contribution in [1.82, 2.24) is 0 Å². The molecule has 27 heavy (non-hydrogen) atoms. The molecule has 0 saturated carbocycles. The molecule has 0 spiro atoms. The van der Waals surface area contributed by atoms with Crippen LogP contribution in [0.3, 0.4) is 0 Å². The number of carbonyl (C=O) groups is 4. The lowest BCUT2D eigenvalue weighted by molar-refractivity contribution is -0.131. The minimum Gasteiger partial charge on any atom is -0.325 e. The van der Waals surface area contributed by atoms with E-state index in [-0.39, 0.29) is 11.1 Å². The number of nitrogens with one attached hydrogen (secondary N) is 1. The van der Waals surface area contributed by atoms with Crippen LogP contribution in [0.15, 0.2) is 48.5 Å². The summed E-state index contributed by atoms with van der Waals surface area (Å²) in [5.41, 5.74) is 1.93. The summed E-state index contributed by atoms with van der Waals surface area (Å²) < 4.78 is 0. The molecule has 6 heteroatoms. The Morgan fingerprint density at radius 1 is 0.963 bits per heavy atom. The van der Waals surface area contributed by atoms with Crippen LogP contribution < -0.4 is 5.32 Å². The number of hydrogen-bond donors (Lipinski definition) is 1. The summed E-state index contributed by atoms with van der Waals surface area (Å²) in [5, 5.41) is 1.37. The average Bonchev–Trinajstić information content (AvgIpc) is 2.64. The van der Waals surface area contributed by atoms with Gasteiger partial charge < -0.3 is 5.32 Å². The number of alkyl halides is 1. The topological polar surface area (TPSA) is 80.3 Å². The first kappa shape index (κ1) is 19.0. The fraction of sp³-hybridized carbons (Fsp3) is 0.238. The molecule has 0 bridgehead atoms. The van der Waals surface area contributed by atoms with Crippen LogP contribution in [0.25, 0.3) is 0 Å². The summed E-state index contributed by atoms with van der Waals surface area (Å²) in [5.74, 6) is -4.68. The Bertz CT molecular complexity index is 935. The summed E-state index contributed by atoms with van der Waals surface area (Å²) in [7, 11) is 0. The van der Waals surface area contributed by atoms with Crippen molar-refractivity contribution in [2.24, 2.45) is 11.8 Å². The molecule has 5 nitrogen and oxygen atoms in total. The largest absolute Gasteiger partial charge is 0.325 e. The van der Waals surface area contributed by atoms with Crippen LogP contribution in [-0.4, -0.2) is 28.6 Å². The summed E-state index contributed by atoms with van der Waals surface area (Å²) in [6.45, 7) is 3.13. The first-order valence-electron chi connectivity index (χ1n) is 8.50. The molecule has 0 unspecified atom stereocenters. The van der Waals surface area contributed by atoms with E-state index in [1.807, 2.05) is 19.1 Å². The van der Waals surface area contributed by atoms with Gasteiger partial charge in [-0.1, -0.05) is 42.0 Å². The van der Waals surface area contributed by atoms with E-state index < -0.39 is 40.5 Å². The van der Waals surface area contributed by atoms with Gasteiger partial charge in [0.2, 0.25) is 5.91 Å². The summed E-state index contributed by atoms with van der Waals surface area (Å²) in [6.07, 6.45) is 0. The third-order valence-corrected chi connectivity index (χ3v) is 5.19. The van der Waals surface area contributed by atoms with Crippen molar-refractivity contribution in [3.05, 3.63) is 65.2 Å². The van der Waals surface area contributed by atoms with E-state index in [9.17, 15) is 19.2 Å². The van der Waals surface area contributed by atoms with E-state index >= 15 is 0 Å². The van der Waals surface area contributed by atoms with Crippen LogP contribution in [0.4, 0.5) is 5.69 Å². The predicted molar refractivity (Wildman–Crippen MR) is 102 cm³/mol. The van der Waals surface area contributed by atoms with Crippen molar-refractivity contribution in [2.45, 2.75) is 19.2 Å². The molecule has 0 heterocycles. The molecule has 2 aromatic rings. The first-order chi connectivity index (χ1) is 12.8. The summed E-state index contributed by atoms with van der Waals surface area (Å²) in [6, 6.07) is 13.3. The lowest BCUT2D eigenvalue weighted by Gasteiger charge is -2.31. The molecule has 1 aliphatic rings. The maximum absolute atomic E-state index is 13.0. The molecule has 0 aliphatic heterocycles. The van der Waals surface area contributed by atoms with E-state index in [0.717, 1.165) is 5.56 Å². The predicted octanol–water partition coefficient (Wildman–Crippen LogP) is 3.44. The number of halogens is 1. The number of benzene rings is 2. The van der Waals surface area contributed by atoms with Crippen molar-refractivity contribution < 1.29 is 19.2 Å². The van der Waals surface area contributed by atoms with Crippen LogP contribution in [0.2, 0.25) is 0 Å². The minimum absolute atomic E-state index is 0.193. The number of rotatable bonds is 4. The number of aryl methyl sites for hydroxylation is 1. The van der Waals surface area contributed by atoms with Gasteiger partial charge in [-0.15, -0.1) is 11.6 Å². The number of Topliss-reactive ketones (excluding diaryl/α,β-unsaturated/α-hetero) is 3. The van der Waals surface area contributed by atoms with Crippen molar-refractivity contribution in [3.63, 3.8) is 0 Å². The fourth-order valence-electron chi connectivity index (χ4n) is 3.31. The van der Waals surface area contributed by atoms with Gasteiger partial charge in [0, 0.05) is 16.8 Å². The molecular weight excluding hydrogens is 366 g/mol. The SMILES string of the molecule is CC(=O)[C@H](C(=O)Nc1ccc(C)cc1)[C@H]1C(=O)c2ccccc2C(=O)[C@@H]1Cl. The monoisotopic (exact) mass is 383 g/mol. The van der Waals surface area contributed by atoms with Crippen molar-refractivity contribution >= 4 is 40.5 Å². The Kier molecular flexibility index (Phi) is 5.24. The Labute approximate surface area is 161 Å². The Morgan fingerprint density at radius 2 is 1.52 bits per heavy atom. The highest BCUT2D eigenvalue weighted by Crippen LogP contribution is 2.35. The number of amides is 1. The second-order valence-corrected chi connectivity index (χ2v) is 7.12. The highest BCUT2D eigenvalue weighted by atomic mass is 35.5. The second-order valence-electron chi connectivity index (χ2n) is 6.65. The zero-order chi connectivity index (χ0) is 19.7. The van der Waals surface area contributed by atoms with Gasteiger partial charge in [-0.05, 0) is 26.0 Å². The van der Waals surface area contributed by atoms with Gasteiger partial charge in [0.15, 0.2) is 11.6 Å². The first-order valence-corrected chi connectivity index (χ1v) is 8.94. The molecule has 138 valence electrons. The normalized spacial score (nSPS) is 20.0. The Morgan fingerprint density at radius 3 is 2.07 bits per heavy atom. The lowest BCUT2D eigenvalue weighted by Crippen LogP contribution is -2.48. The van der Waals surface area contributed by atoms with E-state index in [4.69, 9.17) is 11.6 Å². The van der Waals surface area contributed by atoms with Crippen molar-refractivity contribution in [1.29, 1.82) is 0 Å². The number of carbonyl (C=O) groups excluding carboxylic acids is 4. The van der Waals surface area contributed by atoms with Gasteiger partial charge in [0.1, 0.15) is 17.1 Å². The van der Waals surface area contributed by atoms with Crippen LogP contribution in [-0.2, 0) is 9.59 Å². The van der Waals surface area contributed by atoms with Gasteiger partial charge in [0.25, 0.3) is 0 Å². The smallest absolute Gasteiger partial charge is 0.235 e. The Hall–Kier alpha value is -2.79. The molecule has 3 rings (SSSR count). The van der Waals surface area contributed by atoms with Gasteiger partial charge in [-0.2, -0.15) is 0 Å². The number of anilines is 1. The van der Waals surface area contributed by atoms with Gasteiger partial charge >= 0.3 is 0 Å². The molecular formula is C21H18ClNO4. The van der Waals surface area contributed by atoms with E-state index in [2.05, 4.69) is 5.32 Å². The maximum atomic E-state index is 13.0. The zero-order valence-electron chi connectivity index (χ0n) is 14.9. The van der Waals surface area contributed by atoms with Gasteiger partial charge in [-0.3, -0.25) is 19.2 Å². The highest BCUT2D eigenvalue weighted by Gasteiger charge is 2.48. The molecule has 0 fully saturated rings. The molecule has 1 N–H and O–H groups in total. The molecule has 3 atom stereocenters. The van der Waals surface area contributed by atoms with E-state index in [1.165, 1.54) is 19.1 Å². The van der Waals surface area contributed by atoms with Crippen molar-refractivity contribution in [2.75, 3.05) is 5.32 Å². The molecule has 0 radical (unpaired) electrons. The molecule has 1 amide bonds. The second kappa shape index (κ2) is 7.45. The van der Waals surface area contributed by atoms with E-state index in [1.54, 1.807) is 24.3 Å². The van der Waals surface area contributed by atoms with Crippen LogP contribution >= 0.6 is 11.6 Å². The summed E-state index contributed by atoms with van der Waals surface area (Å²) in [4.78, 5) is 50.6. The number of hydrogen-bond acceptors (Lipinski definition) is 4. The lowest BCUT2D eigenvalue weighted by atomic mass is 9.73. The van der Waals surface area contributed by atoms with Crippen LogP contribution in [0.5, 0.6) is 0 Å². The summed E-state index contributed by atoms with van der Waals surface area (Å²) >= 11 is 6.26. The quantitative estimate of drug-likeness (QED) is 0.647. The van der Waals surface area contributed by atoms with Crippen molar-refractivity contribution in [3.8, 4) is 0 Å².